The maximum atomic E-state index is 11.8. The van der Waals surface area contributed by atoms with Gasteiger partial charge in [0, 0.05) is 72.4 Å². The fraction of sp³-hybridized carbons (Fsp3) is 0.833. The monoisotopic (exact) mass is 510 g/mol. The van der Waals surface area contributed by atoms with Crippen LogP contribution in [-0.4, -0.2) is 116 Å². The standard InChI is InChI=1S/C18H34N6O3.HI/c1-4-19-17(23-12-14-24(15-13-23)18(26)27-5-2)20-6-7-21-8-10-22(11-9-21)16(3)25;/h4-15H2,1-3H3,(H,19,20);1H. The van der Waals surface area contributed by atoms with Crippen LogP contribution in [0.5, 0.6) is 0 Å². The van der Waals surface area contributed by atoms with E-state index in [1.807, 2.05) is 11.8 Å². The van der Waals surface area contributed by atoms with Crippen LogP contribution in [0.15, 0.2) is 4.99 Å². The molecule has 10 heteroatoms. The Labute approximate surface area is 185 Å². The molecular weight excluding hydrogens is 475 g/mol. The molecule has 2 aliphatic rings. The maximum Gasteiger partial charge on any atom is 0.409 e. The van der Waals surface area contributed by atoms with Crippen LogP contribution in [0.25, 0.3) is 0 Å². The Kier molecular flexibility index (Phi) is 11.5. The zero-order valence-electron chi connectivity index (χ0n) is 17.4. The molecule has 0 atom stereocenters. The lowest BCUT2D eigenvalue weighted by Gasteiger charge is -2.36. The Balaban J connectivity index is 0.00000392. The first-order valence-electron chi connectivity index (χ1n) is 9.98. The van der Waals surface area contributed by atoms with Gasteiger partial charge in [-0.2, -0.15) is 0 Å². The van der Waals surface area contributed by atoms with E-state index in [-0.39, 0.29) is 36.0 Å². The summed E-state index contributed by atoms with van der Waals surface area (Å²) in [7, 11) is 0. The normalized spacial score (nSPS) is 18.5. The Morgan fingerprint density at radius 1 is 0.929 bits per heavy atom. The molecule has 0 aromatic heterocycles. The third-order valence-corrected chi connectivity index (χ3v) is 4.94. The Hall–Kier alpha value is -1.30. The summed E-state index contributed by atoms with van der Waals surface area (Å²) in [4.78, 5) is 36.2. The lowest BCUT2D eigenvalue weighted by molar-refractivity contribution is -0.130. The minimum absolute atomic E-state index is 0. The SMILES string of the molecule is CCNC(=NCCN1CCN(C(C)=O)CC1)N1CCN(C(=O)OCC)CC1.I. The second kappa shape index (κ2) is 13.0. The van der Waals surface area contributed by atoms with E-state index in [9.17, 15) is 9.59 Å². The molecule has 0 aromatic carbocycles. The van der Waals surface area contributed by atoms with Crippen molar-refractivity contribution in [2.45, 2.75) is 20.8 Å². The molecule has 1 N–H and O–H groups in total. The Morgan fingerprint density at radius 2 is 1.50 bits per heavy atom. The third-order valence-electron chi connectivity index (χ3n) is 4.94. The minimum atomic E-state index is -0.233. The van der Waals surface area contributed by atoms with Gasteiger partial charge >= 0.3 is 6.09 Å². The molecule has 162 valence electrons. The molecule has 2 rings (SSSR count). The molecule has 0 saturated carbocycles. The van der Waals surface area contributed by atoms with Crippen molar-refractivity contribution in [1.29, 1.82) is 0 Å². The van der Waals surface area contributed by atoms with Gasteiger partial charge in [-0.25, -0.2) is 4.79 Å². The number of aliphatic imine (C=N–C) groups is 1. The van der Waals surface area contributed by atoms with Crippen LogP contribution in [0.2, 0.25) is 0 Å². The van der Waals surface area contributed by atoms with Crippen molar-refractivity contribution in [3.05, 3.63) is 0 Å². The average Bonchev–Trinajstić information content (AvgIpc) is 2.68. The second-order valence-corrected chi connectivity index (χ2v) is 6.76. The Bertz CT molecular complexity index is 517. The number of nitrogens with zero attached hydrogens (tertiary/aromatic N) is 5. The van der Waals surface area contributed by atoms with Crippen LogP contribution < -0.4 is 5.32 Å². The summed E-state index contributed by atoms with van der Waals surface area (Å²) in [6, 6.07) is 0. The molecule has 2 saturated heterocycles. The van der Waals surface area contributed by atoms with E-state index in [2.05, 4.69) is 22.0 Å². The van der Waals surface area contributed by atoms with Crippen molar-refractivity contribution in [2.75, 3.05) is 78.6 Å². The number of carbonyl (C=O) groups is 2. The van der Waals surface area contributed by atoms with Crippen LogP contribution in [0, 0.1) is 0 Å². The zero-order valence-corrected chi connectivity index (χ0v) is 19.7. The average molecular weight is 510 g/mol. The number of hydrogen-bond acceptors (Lipinski definition) is 5. The van der Waals surface area contributed by atoms with E-state index in [0.717, 1.165) is 64.9 Å². The van der Waals surface area contributed by atoms with Crippen LogP contribution in [-0.2, 0) is 9.53 Å². The van der Waals surface area contributed by atoms with Crippen LogP contribution in [0.3, 0.4) is 0 Å². The van der Waals surface area contributed by atoms with E-state index in [4.69, 9.17) is 9.73 Å². The summed E-state index contributed by atoms with van der Waals surface area (Å²) in [6.07, 6.45) is -0.233. The number of amides is 2. The second-order valence-electron chi connectivity index (χ2n) is 6.76. The van der Waals surface area contributed by atoms with Crippen LogP contribution in [0.1, 0.15) is 20.8 Å². The summed E-state index contributed by atoms with van der Waals surface area (Å²) >= 11 is 0. The third kappa shape index (κ3) is 7.61. The molecule has 0 spiro atoms. The van der Waals surface area contributed by atoms with Gasteiger partial charge in [0.15, 0.2) is 5.96 Å². The number of hydrogen-bond donors (Lipinski definition) is 1. The van der Waals surface area contributed by atoms with Crippen molar-refractivity contribution in [3.63, 3.8) is 0 Å². The molecule has 0 unspecified atom stereocenters. The number of piperazine rings is 2. The van der Waals surface area contributed by atoms with E-state index in [1.54, 1.807) is 11.8 Å². The molecule has 28 heavy (non-hydrogen) atoms. The van der Waals surface area contributed by atoms with Gasteiger partial charge < -0.3 is 24.8 Å². The zero-order chi connectivity index (χ0) is 19.6. The number of carbonyl (C=O) groups excluding carboxylic acids is 2. The molecule has 0 bridgehead atoms. The van der Waals surface area contributed by atoms with E-state index < -0.39 is 0 Å². The fourth-order valence-corrected chi connectivity index (χ4v) is 3.33. The van der Waals surface area contributed by atoms with Crippen molar-refractivity contribution < 1.29 is 14.3 Å². The molecule has 2 fully saturated rings. The summed E-state index contributed by atoms with van der Waals surface area (Å²) < 4.78 is 5.07. The number of halogens is 1. The molecule has 0 aromatic rings. The number of guanidine groups is 1. The molecule has 2 heterocycles. The number of nitrogens with one attached hydrogen (secondary N) is 1. The maximum absolute atomic E-state index is 11.8. The van der Waals surface area contributed by atoms with Gasteiger partial charge in [0.2, 0.25) is 5.91 Å². The van der Waals surface area contributed by atoms with Gasteiger partial charge in [-0.15, -0.1) is 24.0 Å². The summed E-state index contributed by atoms with van der Waals surface area (Å²) in [5, 5.41) is 3.35. The van der Waals surface area contributed by atoms with E-state index in [1.165, 1.54) is 0 Å². The van der Waals surface area contributed by atoms with Gasteiger partial charge in [-0.1, -0.05) is 0 Å². The van der Waals surface area contributed by atoms with Crippen molar-refractivity contribution >= 4 is 41.9 Å². The van der Waals surface area contributed by atoms with Gasteiger partial charge in [0.25, 0.3) is 0 Å². The highest BCUT2D eigenvalue weighted by Gasteiger charge is 2.24. The van der Waals surface area contributed by atoms with Gasteiger partial charge in [-0.3, -0.25) is 14.7 Å². The highest BCUT2D eigenvalue weighted by atomic mass is 127. The largest absolute Gasteiger partial charge is 0.450 e. The predicted octanol–water partition coefficient (Wildman–Crippen LogP) is 0.508. The van der Waals surface area contributed by atoms with E-state index >= 15 is 0 Å². The highest BCUT2D eigenvalue weighted by Crippen LogP contribution is 2.05. The van der Waals surface area contributed by atoms with Crippen LogP contribution >= 0.6 is 24.0 Å². The number of ether oxygens (including phenoxy) is 1. The molecule has 9 nitrogen and oxygen atoms in total. The lowest BCUT2D eigenvalue weighted by Crippen LogP contribution is -2.54. The first-order chi connectivity index (χ1) is 13.0. The molecule has 0 radical (unpaired) electrons. The fourth-order valence-electron chi connectivity index (χ4n) is 3.33. The summed E-state index contributed by atoms with van der Waals surface area (Å²) in [5.74, 6) is 1.06. The smallest absolute Gasteiger partial charge is 0.409 e. The minimum Gasteiger partial charge on any atom is -0.450 e. The lowest BCUT2D eigenvalue weighted by atomic mass is 10.3. The van der Waals surface area contributed by atoms with Crippen LogP contribution in [0.4, 0.5) is 4.79 Å². The first-order valence-corrected chi connectivity index (χ1v) is 9.98. The first kappa shape index (κ1) is 24.7. The molecular formula is C18H35IN6O3. The van der Waals surface area contributed by atoms with Crippen molar-refractivity contribution in [3.8, 4) is 0 Å². The highest BCUT2D eigenvalue weighted by molar-refractivity contribution is 14.0. The number of rotatable bonds is 5. The topological polar surface area (TPSA) is 80.7 Å². The molecule has 0 aliphatic carbocycles. The molecule has 2 amide bonds. The van der Waals surface area contributed by atoms with Gasteiger partial charge in [-0.05, 0) is 13.8 Å². The Morgan fingerprint density at radius 3 is 2.04 bits per heavy atom. The predicted molar refractivity (Wildman–Crippen MR) is 120 cm³/mol. The van der Waals surface area contributed by atoms with Crippen molar-refractivity contribution in [2.24, 2.45) is 4.99 Å². The van der Waals surface area contributed by atoms with E-state index in [0.29, 0.717) is 19.7 Å². The van der Waals surface area contributed by atoms with Gasteiger partial charge in [0.05, 0.1) is 13.2 Å². The summed E-state index contributed by atoms with van der Waals surface area (Å²) in [6.45, 7) is 14.6. The summed E-state index contributed by atoms with van der Waals surface area (Å²) in [5.41, 5.74) is 0. The molecule has 2 aliphatic heterocycles. The van der Waals surface area contributed by atoms with Crippen molar-refractivity contribution in [1.82, 2.24) is 24.9 Å². The van der Waals surface area contributed by atoms with Gasteiger partial charge in [0.1, 0.15) is 0 Å². The quantitative estimate of drug-likeness (QED) is 0.330.